The Morgan fingerprint density at radius 2 is 1.79 bits per heavy atom. The molecule has 0 atom stereocenters. The third kappa shape index (κ3) is 4.79. The van der Waals surface area contributed by atoms with Gasteiger partial charge in [0.25, 0.3) is 5.91 Å². The first-order valence-electron chi connectivity index (χ1n) is 11.1. The number of ether oxygens (including phenoxy) is 1. The number of nitrogens with one attached hydrogen (secondary N) is 1. The molecule has 0 aliphatic carbocycles. The van der Waals surface area contributed by atoms with Crippen molar-refractivity contribution < 1.29 is 22.4 Å². The first-order valence-corrected chi connectivity index (χ1v) is 12.5. The fraction of sp³-hybridized carbons (Fsp3) is 0.417. The van der Waals surface area contributed by atoms with Crippen LogP contribution in [0, 0.1) is 0 Å². The van der Waals surface area contributed by atoms with E-state index in [0.29, 0.717) is 54.7 Å². The van der Waals surface area contributed by atoms with E-state index in [9.17, 15) is 13.2 Å². The summed E-state index contributed by atoms with van der Waals surface area (Å²) in [6.07, 6.45) is 0. The highest BCUT2D eigenvalue weighted by molar-refractivity contribution is 7.89. The van der Waals surface area contributed by atoms with Gasteiger partial charge in [0.1, 0.15) is 5.52 Å². The van der Waals surface area contributed by atoms with Crippen molar-refractivity contribution >= 4 is 38.4 Å². The lowest BCUT2D eigenvalue weighted by atomic mass is 9.97. The summed E-state index contributed by atoms with van der Waals surface area (Å²) in [5, 5.41) is 2.90. The van der Waals surface area contributed by atoms with E-state index < -0.39 is 15.9 Å². The number of nitrogens with zero attached hydrogens (tertiary/aromatic N) is 3. The molecule has 1 aromatic heterocycles. The summed E-state index contributed by atoms with van der Waals surface area (Å²) in [6.45, 7) is 8.35. The first kappa shape index (κ1) is 24.2. The lowest BCUT2D eigenvalue weighted by molar-refractivity contribution is 0.102. The number of rotatable bonds is 5. The van der Waals surface area contributed by atoms with Crippen LogP contribution in [0.2, 0.25) is 0 Å². The summed E-state index contributed by atoms with van der Waals surface area (Å²) < 4.78 is 37.8. The number of aromatic nitrogens is 1. The molecule has 34 heavy (non-hydrogen) atoms. The third-order valence-corrected chi connectivity index (χ3v) is 7.44. The van der Waals surface area contributed by atoms with Gasteiger partial charge in [0.2, 0.25) is 15.9 Å². The molecule has 3 aromatic rings. The Kier molecular flexibility index (Phi) is 6.41. The molecule has 1 saturated heterocycles. The van der Waals surface area contributed by atoms with Crippen LogP contribution in [0.4, 0.5) is 11.4 Å². The van der Waals surface area contributed by atoms with Crippen LogP contribution in [-0.4, -0.2) is 64.0 Å². The van der Waals surface area contributed by atoms with Gasteiger partial charge in [0.05, 0.1) is 23.7 Å². The van der Waals surface area contributed by atoms with Crippen molar-refractivity contribution in [3.05, 3.63) is 47.9 Å². The van der Waals surface area contributed by atoms with E-state index >= 15 is 0 Å². The molecule has 1 amide bonds. The van der Waals surface area contributed by atoms with Crippen LogP contribution >= 0.6 is 0 Å². The van der Waals surface area contributed by atoms with Crippen LogP contribution in [0.25, 0.3) is 11.1 Å². The molecule has 0 unspecified atom stereocenters. The zero-order chi connectivity index (χ0) is 24.7. The highest BCUT2D eigenvalue weighted by Crippen LogP contribution is 2.29. The largest absolute Gasteiger partial charge is 0.440 e. The monoisotopic (exact) mass is 486 g/mol. The molecule has 182 valence electrons. The summed E-state index contributed by atoms with van der Waals surface area (Å²) in [5.41, 5.74) is 2.51. The van der Waals surface area contributed by atoms with E-state index in [4.69, 9.17) is 9.15 Å². The maximum absolute atomic E-state index is 13.4. The Hall–Kier alpha value is -2.95. The molecular weight excluding hydrogens is 456 g/mol. The van der Waals surface area contributed by atoms with Gasteiger partial charge >= 0.3 is 0 Å². The molecule has 0 saturated carbocycles. The van der Waals surface area contributed by atoms with Gasteiger partial charge in [-0.1, -0.05) is 20.8 Å². The Balaban J connectivity index is 1.70. The quantitative estimate of drug-likeness (QED) is 0.589. The number of sulfonamides is 1. The smallest absolute Gasteiger partial charge is 0.257 e. The summed E-state index contributed by atoms with van der Waals surface area (Å²) >= 11 is 0. The van der Waals surface area contributed by atoms with Gasteiger partial charge in [0.15, 0.2) is 5.58 Å². The molecule has 1 N–H and O–H groups in total. The SMILES string of the molecule is CN(C)S(=O)(=O)c1ccc(N2CCOCC2)c(C(=O)Nc2ccc3oc(C(C)(C)C)nc3c2)c1. The van der Waals surface area contributed by atoms with E-state index in [1.54, 1.807) is 24.3 Å². The summed E-state index contributed by atoms with van der Waals surface area (Å²) in [6, 6.07) is 9.91. The number of morpholine rings is 1. The number of amides is 1. The topological polar surface area (TPSA) is 105 Å². The van der Waals surface area contributed by atoms with Gasteiger partial charge in [-0.2, -0.15) is 0 Å². The Morgan fingerprint density at radius 3 is 2.44 bits per heavy atom. The molecule has 0 bridgehead atoms. The number of hydrogen-bond donors (Lipinski definition) is 1. The van der Waals surface area contributed by atoms with E-state index in [1.807, 2.05) is 25.7 Å². The molecule has 0 radical (unpaired) electrons. The normalized spacial score (nSPS) is 15.2. The Morgan fingerprint density at radius 1 is 1.09 bits per heavy atom. The zero-order valence-corrected chi connectivity index (χ0v) is 20.9. The highest BCUT2D eigenvalue weighted by Gasteiger charge is 2.25. The van der Waals surface area contributed by atoms with Crippen LogP contribution in [0.1, 0.15) is 37.0 Å². The van der Waals surface area contributed by atoms with Crippen LogP contribution in [0.15, 0.2) is 45.7 Å². The van der Waals surface area contributed by atoms with Crippen molar-refractivity contribution in [2.45, 2.75) is 31.1 Å². The number of carbonyl (C=O) groups excluding carboxylic acids is 1. The fourth-order valence-electron chi connectivity index (χ4n) is 3.67. The van der Waals surface area contributed by atoms with Crippen molar-refractivity contribution in [3.8, 4) is 0 Å². The predicted octanol–water partition coefficient (Wildman–Crippen LogP) is 3.46. The third-order valence-electron chi connectivity index (χ3n) is 5.63. The van der Waals surface area contributed by atoms with Gasteiger partial charge in [-0.3, -0.25) is 4.79 Å². The van der Waals surface area contributed by atoms with Gasteiger partial charge in [0, 0.05) is 44.0 Å². The Bertz CT molecular complexity index is 1320. The highest BCUT2D eigenvalue weighted by atomic mass is 32.2. The predicted molar refractivity (Wildman–Crippen MR) is 131 cm³/mol. The number of carbonyl (C=O) groups is 1. The van der Waals surface area contributed by atoms with Crippen LogP contribution in [-0.2, 0) is 20.2 Å². The lowest BCUT2D eigenvalue weighted by Crippen LogP contribution is -2.37. The molecular formula is C24H30N4O5S. The molecule has 1 fully saturated rings. The van der Waals surface area contributed by atoms with Crippen molar-refractivity contribution in [1.82, 2.24) is 9.29 Å². The van der Waals surface area contributed by atoms with Crippen LogP contribution < -0.4 is 10.2 Å². The Labute approximate surface area is 199 Å². The number of benzene rings is 2. The first-order chi connectivity index (χ1) is 16.0. The number of hydrogen-bond acceptors (Lipinski definition) is 7. The molecule has 9 nitrogen and oxygen atoms in total. The van der Waals surface area contributed by atoms with Crippen molar-refractivity contribution in [1.29, 1.82) is 0 Å². The summed E-state index contributed by atoms with van der Waals surface area (Å²) in [5.74, 6) is 0.207. The average molecular weight is 487 g/mol. The zero-order valence-electron chi connectivity index (χ0n) is 20.1. The summed E-state index contributed by atoms with van der Waals surface area (Å²) in [7, 11) is -0.781. The minimum absolute atomic E-state index is 0.0569. The van der Waals surface area contributed by atoms with Gasteiger partial charge in [-0.15, -0.1) is 0 Å². The van der Waals surface area contributed by atoms with Crippen molar-refractivity contribution in [2.75, 3.05) is 50.6 Å². The standard InChI is InChI=1S/C24H30N4O5S/c1-24(2,3)23-26-19-14-16(6-9-21(19)33-23)25-22(29)18-15-17(34(30,31)27(4)5)7-8-20(18)28-10-12-32-13-11-28/h6-9,14-15H,10-13H2,1-5H3,(H,25,29). The van der Waals surface area contributed by atoms with Gasteiger partial charge in [-0.05, 0) is 36.4 Å². The van der Waals surface area contributed by atoms with Gasteiger partial charge < -0.3 is 19.4 Å². The van der Waals surface area contributed by atoms with Gasteiger partial charge in [-0.25, -0.2) is 17.7 Å². The van der Waals surface area contributed by atoms with Crippen molar-refractivity contribution in [2.24, 2.45) is 0 Å². The van der Waals surface area contributed by atoms with Crippen LogP contribution in [0.3, 0.4) is 0 Å². The van der Waals surface area contributed by atoms with E-state index in [2.05, 4.69) is 10.3 Å². The number of oxazole rings is 1. The second-order valence-electron chi connectivity index (χ2n) is 9.47. The molecule has 2 heterocycles. The average Bonchev–Trinajstić information content (AvgIpc) is 3.23. The molecule has 1 aliphatic heterocycles. The van der Waals surface area contributed by atoms with E-state index in [0.717, 1.165) is 4.31 Å². The molecule has 0 spiro atoms. The summed E-state index contributed by atoms with van der Waals surface area (Å²) in [4.78, 5) is 20.0. The molecule has 1 aliphatic rings. The fourth-order valence-corrected chi connectivity index (χ4v) is 4.60. The minimum Gasteiger partial charge on any atom is -0.440 e. The molecule has 4 rings (SSSR count). The minimum atomic E-state index is -3.71. The molecule has 10 heteroatoms. The van der Waals surface area contributed by atoms with E-state index in [-0.39, 0.29) is 15.9 Å². The molecule has 2 aromatic carbocycles. The number of anilines is 2. The van der Waals surface area contributed by atoms with Crippen molar-refractivity contribution in [3.63, 3.8) is 0 Å². The maximum Gasteiger partial charge on any atom is 0.257 e. The van der Waals surface area contributed by atoms with E-state index in [1.165, 1.54) is 26.2 Å². The lowest BCUT2D eigenvalue weighted by Gasteiger charge is -2.30. The maximum atomic E-state index is 13.4. The second-order valence-corrected chi connectivity index (χ2v) is 11.6. The second kappa shape index (κ2) is 9.01. The number of fused-ring (bicyclic) bond motifs is 1. The van der Waals surface area contributed by atoms with Crippen LogP contribution in [0.5, 0.6) is 0 Å².